The molecule has 3 N–H and O–H groups in total. The van der Waals surface area contributed by atoms with Crippen molar-refractivity contribution in [2.45, 2.75) is 20.3 Å². The van der Waals surface area contributed by atoms with Crippen molar-refractivity contribution in [3.63, 3.8) is 0 Å². The molecule has 0 amide bonds. The molecule has 0 saturated carbocycles. The summed E-state index contributed by atoms with van der Waals surface area (Å²) < 4.78 is 11.6. The zero-order valence-electron chi connectivity index (χ0n) is 20.1. The molecular formula is C27H28N5O2P. The first-order valence-electron chi connectivity index (χ1n) is 11.8. The zero-order chi connectivity index (χ0) is 24.0. The van der Waals surface area contributed by atoms with Gasteiger partial charge in [-0.25, -0.2) is 4.98 Å². The van der Waals surface area contributed by atoms with E-state index in [2.05, 4.69) is 69.9 Å². The van der Waals surface area contributed by atoms with Crippen LogP contribution in [0.5, 0.6) is 11.5 Å². The molecule has 4 heterocycles. The van der Waals surface area contributed by atoms with Crippen LogP contribution in [0.4, 0.5) is 0 Å². The summed E-state index contributed by atoms with van der Waals surface area (Å²) in [7, 11) is 0.233. The fourth-order valence-corrected chi connectivity index (χ4v) is 6.91. The van der Waals surface area contributed by atoms with Crippen LogP contribution in [-0.4, -0.2) is 41.1 Å². The number of aromatic nitrogens is 3. The van der Waals surface area contributed by atoms with Crippen molar-refractivity contribution in [3.8, 4) is 22.8 Å². The van der Waals surface area contributed by atoms with Gasteiger partial charge in [0.1, 0.15) is 23.5 Å². The third-order valence-electron chi connectivity index (χ3n) is 6.63. The topological polar surface area (TPSA) is 94.0 Å². The maximum atomic E-state index is 6.16. The van der Waals surface area contributed by atoms with E-state index < -0.39 is 7.04 Å². The van der Waals surface area contributed by atoms with Crippen molar-refractivity contribution in [2.75, 3.05) is 20.0 Å². The van der Waals surface area contributed by atoms with Crippen molar-refractivity contribution in [3.05, 3.63) is 71.6 Å². The van der Waals surface area contributed by atoms with Crippen molar-refractivity contribution in [2.24, 2.45) is 0 Å². The summed E-state index contributed by atoms with van der Waals surface area (Å²) in [5.41, 5.74) is 7.17. The maximum Gasteiger partial charge on any atom is 0.155 e. The molecule has 35 heavy (non-hydrogen) atoms. The number of pyridine rings is 1. The molecule has 2 aromatic heterocycles. The van der Waals surface area contributed by atoms with Crippen LogP contribution in [0.1, 0.15) is 23.9 Å². The fraction of sp³-hybridized carbons (Fsp3) is 0.222. The molecule has 8 heteroatoms. The van der Waals surface area contributed by atoms with Crippen molar-refractivity contribution < 1.29 is 9.47 Å². The van der Waals surface area contributed by atoms with Gasteiger partial charge in [0.2, 0.25) is 0 Å². The highest BCUT2D eigenvalue weighted by atomic mass is 31.2. The lowest BCUT2D eigenvalue weighted by molar-refractivity contribution is 0.402. The van der Waals surface area contributed by atoms with Gasteiger partial charge in [0.05, 0.1) is 18.3 Å². The Morgan fingerprint density at radius 1 is 1.20 bits per heavy atom. The molecule has 7 nitrogen and oxygen atoms in total. The Labute approximate surface area is 204 Å². The SMILES string of the molecule is CC=C(NCCc1cc2c(c(-c3ccc(C)cc3)n1)OCP21=CN1)c1n[nH]c2ccc(OC)cc12. The molecule has 0 aliphatic carbocycles. The summed E-state index contributed by atoms with van der Waals surface area (Å²) in [6.45, 7) is 4.86. The minimum absolute atomic E-state index is 0.725. The molecule has 0 fully saturated rings. The van der Waals surface area contributed by atoms with Crippen LogP contribution in [0.3, 0.4) is 0 Å². The van der Waals surface area contributed by atoms with E-state index in [1.54, 1.807) is 7.11 Å². The van der Waals surface area contributed by atoms with E-state index in [9.17, 15) is 0 Å². The largest absolute Gasteiger partial charge is 0.497 e. The van der Waals surface area contributed by atoms with Gasteiger partial charge in [-0.15, -0.1) is 0 Å². The third-order valence-corrected chi connectivity index (χ3v) is 9.23. The number of aromatic amines is 1. The second-order valence-electron chi connectivity index (χ2n) is 8.94. The lowest BCUT2D eigenvalue weighted by Gasteiger charge is -2.13. The first-order chi connectivity index (χ1) is 17.1. The number of benzene rings is 2. The van der Waals surface area contributed by atoms with Crippen LogP contribution in [0.15, 0.2) is 54.6 Å². The van der Waals surface area contributed by atoms with Gasteiger partial charge in [0.15, 0.2) is 5.75 Å². The van der Waals surface area contributed by atoms with Gasteiger partial charge in [0.25, 0.3) is 0 Å². The minimum atomic E-state index is -1.44. The van der Waals surface area contributed by atoms with Gasteiger partial charge in [-0.3, -0.25) is 10.2 Å². The number of nitrogens with zero attached hydrogens (tertiary/aromatic N) is 2. The number of aryl methyl sites for hydroxylation is 1. The molecule has 0 saturated heterocycles. The number of nitrogens with one attached hydrogen (secondary N) is 3. The van der Waals surface area contributed by atoms with Gasteiger partial charge in [-0.2, -0.15) is 5.10 Å². The van der Waals surface area contributed by atoms with Crippen molar-refractivity contribution in [1.29, 1.82) is 0 Å². The molecule has 0 bridgehead atoms. The molecule has 178 valence electrons. The monoisotopic (exact) mass is 485 g/mol. The van der Waals surface area contributed by atoms with Gasteiger partial charge in [-0.1, -0.05) is 35.9 Å². The summed E-state index contributed by atoms with van der Waals surface area (Å²) in [6.07, 6.45) is 3.57. The number of fused-ring (bicyclic) bond motifs is 3. The average Bonchev–Trinajstić information content (AvgIpc) is 3.42. The number of H-pyrrole nitrogens is 1. The summed E-state index contributed by atoms with van der Waals surface area (Å²) in [6, 6.07) is 16.7. The highest BCUT2D eigenvalue weighted by Gasteiger charge is 2.40. The van der Waals surface area contributed by atoms with Gasteiger partial charge in [0, 0.05) is 42.0 Å². The second kappa shape index (κ2) is 8.59. The molecule has 1 spiro atoms. The van der Waals surface area contributed by atoms with E-state index in [0.717, 1.165) is 70.1 Å². The van der Waals surface area contributed by atoms with Crippen LogP contribution in [-0.2, 0) is 6.42 Å². The van der Waals surface area contributed by atoms with E-state index in [0.29, 0.717) is 0 Å². The van der Waals surface area contributed by atoms with E-state index in [4.69, 9.17) is 14.5 Å². The molecule has 1 unspecified atom stereocenters. The summed E-state index contributed by atoms with van der Waals surface area (Å²) in [5, 5.41) is 17.1. The zero-order valence-corrected chi connectivity index (χ0v) is 20.9. The summed E-state index contributed by atoms with van der Waals surface area (Å²) in [4.78, 5) is 5.05. The summed E-state index contributed by atoms with van der Waals surface area (Å²) >= 11 is 0. The Hall–Kier alpha value is -3.54. The third kappa shape index (κ3) is 3.91. The Morgan fingerprint density at radius 3 is 2.77 bits per heavy atom. The number of rotatable bonds is 7. The number of allylic oxidation sites excluding steroid dienone is 1. The summed E-state index contributed by atoms with van der Waals surface area (Å²) in [5.74, 6) is 3.96. The number of hydrogen-bond acceptors (Lipinski definition) is 6. The molecule has 0 radical (unpaired) electrons. The van der Waals surface area contributed by atoms with E-state index >= 15 is 0 Å². The molecule has 1 atom stereocenters. The number of ether oxygens (including phenoxy) is 2. The Morgan fingerprint density at radius 2 is 2.03 bits per heavy atom. The Balaban J connectivity index is 1.26. The maximum absolute atomic E-state index is 6.16. The van der Waals surface area contributed by atoms with Gasteiger partial charge < -0.3 is 14.8 Å². The van der Waals surface area contributed by atoms with E-state index in [-0.39, 0.29) is 0 Å². The lowest BCUT2D eigenvalue weighted by atomic mass is 10.1. The molecule has 2 aromatic carbocycles. The van der Waals surface area contributed by atoms with Crippen LogP contribution in [0.25, 0.3) is 27.9 Å². The molecular weight excluding hydrogens is 457 g/mol. The van der Waals surface area contributed by atoms with Gasteiger partial charge >= 0.3 is 0 Å². The second-order valence-corrected chi connectivity index (χ2v) is 11.9. The van der Waals surface area contributed by atoms with Crippen LogP contribution in [0.2, 0.25) is 0 Å². The molecule has 6 rings (SSSR count). The van der Waals surface area contributed by atoms with Crippen LogP contribution < -0.4 is 25.2 Å². The number of methoxy groups -OCH3 is 1. The van der Waals surface area contributed by atoms with E-state index in [1.807, 2.05) is 25.1 Å². The van der Waals surface area contributed by atoms with Gasteiger partial charge in [-0.05, 0) is 44.0 Å². The first-order valence-corrected chi connectivity index (χ1v) is 13.8. The Bertz CT molecular complexity index is 1520. The molecule has 2 aliphatic rings. The minimum Gasteiger partial charge on any atom is -0.497 e. The highest BCUT2D eigenvalue weighted by Crippen LogP contribution is 2.57. The highest BCUT2D eigenvalue weighted by molar-refractivity contribution is 7.88. The van der Waals surface area contributed by atoms with Crippen LogP contribution in [0, 0.1) is 6.92 Å². The van der Waals surface area contributed by atoms with Crippen LogP contribution >= 0.6 is 7.04 Å². The van der Waals surface area contributed by atoms with Crippen molar-refractivity contribution >= 4 is 34.9 Å². The molecule has 4 aromatic rings. The quantitative estimate of drug-likeness (QED) is 0.336. The fourth-order valence-electron chi connectivity index (χ4n) is 4.54. The smallest absolute Gasteiger partial charge is 0.155 e. The normalized spacial score (nSPS) is 18.3. The standard InChI is InChI=1S/C27H28N5O2P/c1-4-22(26-21-14-20(33-3)9-10-23(21)31-32-26)28-12-11-19-13-24-27(34-16-35(24)15-29-35)25(30-19)18-7-5-17(2)6-8-18/h4-10,13-15,28-29H,11-12,16H2,1-3H3,(H,31,32). The first kappa shape index (κ1) is 22.0. The molecule has 2 aliphatic heterocycles. The number of hydrogen-bond donors (Lipinski definition) is 3. The predicted molar refractivity (Wildman–Crippen MR) is 144 cm³/mol. The van der Waals surface area contributed by atoms with E-state index in [1.165, 1.54) is 10.9 Å². The Kier molecular flexibility index (Phi) is 5.39. The van der Waals surface area contributed by atoms with Crippen molar-refractivity contribution in [1.82, 2.24) is 25.6 Å². The average molecular weight is 486 g/mol. The predicted octanol–water partition coefficient (Wildman–Crippen LogP) is 4.41. The lowest BCUT2D eigenvalue weighted by Crippen LogP contribution is -2.18.